The fourth-order valence-electron chi connectivity index (χ4n) is 0. The molecule has 0 aromatic carbocycles. The Morgan fingerprint density at radius 2 is 0.650 bits per heavy atom. The van der Waals surface area contributed by atoms with Gasteiger partial charge in [-0.2, -0.15) is 16.8 Å². The van der Waals surface area contributed by atoms with Crippen LogP contribution in [0, 0.1) is 0 Å². The molecular formula is H16Ca4NaO12PS2. The van der Waals surface area contributed by atoms with Gasteiger partial charge in [-0.3, -0.25) is 18.2 Å². The molecule has 0 spiro atoms. The Morgan fingerprint density at radius 1 is 0.650 bits per heavy atom. The van der Waals surface area contributed by atoms with E-state index < -0.39 is 28.6 Å². The Balaban J connectivity index is -0.00000000400. The predicted octanol–water partition coefficient (Wildman–Crippen LogP) is -5.74. The van der Waals surface area contributed by atoms with Crippen molar-refractivity contribution in [2.45, 2.75) is 0 Å². The minimum atomic E-state index is -4.67. The predicted molar refractivity (Wildman–Crippen MR) is 75.6 cm³/mol. The first kappa shape index (κ1) is 50.1. The van der Waals surface area contributed by atoms with Crippen molar-refractivity contribution in [2.75, 3.05) is 0 Å². The Morgan fingerprint density at radius 3 is 0.650 bits per heavy atom. The van der Waals surface area contributed by atoms with Crippen LogP contribution < -0.4 is 29.6 Å². The van der Waals surface area contributed by atoms with E-state index in [2.05, 4.69) is 0 Å². The molecule has 0 aromatic heterocycles. The smallest absolute Gasteiger partial charge is 1.00 e. The summed E-state index contributed by atoms with van der Waals surface area (Å²) in [6.45, 7) is 0. The van der Waals surface area contributed by atoms with Gasteiger partial charge in [-0.05, 0) is 0 Å². The van der Waals surface area contributed by atoms with Crippen LogP contribution >= 0.6 is 7.82 Å². The minimum absolute atomic E-state index is 0. The molecule has 0 atom stereocenters. The van der Waals surface area contributed by atoms with Gasteiger partial charge in [-0.25, -0.2) is 4.57 Å². The normalized spacial score (nSPS) is 8.75. The molecule has 0 unspecified atom stereocenters. The first-order valence-corrected chi connectivity index (χ1v) is 6.54. The van der Waals surface area contributed by atoms with Crippen LogP contribution in [0.15, 0.2) is 0 Å². The fourth-order valence-corrected chi connectivity index (χ4v) is 0. The topological polar surface area (TPSA) is 227 Å². The summed E-state index contributed by atoms with van der Waals surface area (Å²) in [4.78, 5) is 21.6. The van der Waals surface area contributed by atoms with Crippen molar-refractivity contribution >= 4 is 180 Å². The van der Waals surface area contributed by atoms with Crippen LogP contribution in [0.1, 0.15) is 12.8 Å². The van der Waals surface area contributed by atoms with Crippen molar-refractivity contribution in [3.05, 3.63) is 0 Å². The quantitative estimate of drug-likeness (QED) is 0.0965. The van der Waals surface area contributed by atoms with Crippen molar-refractivity contribution < 1.29 is 96.7 Å². The summed E-state index contributed by atoms with van der Waals surface area (Å²) >= 11 is 0. The van der Waals surface area contributed by atoms with Gasteiger partial charge in [-0.1, -0.05) is 0 Å². The van der Waals surface area contributed by atoms with Gasteiger partial charge in [0.05, 0.1) is 0 Å². The first-order valence-electron chi connectivity index (χ1n) is 2.18. The van der Waals surface area contributed by atoms with Crippen molar-refractivity contribution in [3.63, 3.8) is 0 Å². The van der Waals surface area contributed by atoms with E-state index in [0.717, 1.165) is 0 Å². The summed E-state index contributed by atoms with van der Waals surface area (Å²) in [5, 5.41) is 0. The number of hydrogen-bond acceptors (Lipinski definition) is 5. The molecule has 114 valence electrons. The molecule has 20 heteroatoms. The van der Waals surface area contributed by atoms with E-state index in [0.29, 0.717) is 0 Å². The van der Waals surface area contributed by atoms with Crippen LogP contribution in [-0.2, 0) is 25.4 Å². The molecule has 0 radical (unpaired) electrons. The van der Waals surface area contributed by atoms with Crippen LogP contribution in [0.25, 0.3) is 0 Å². The van der Waals surface area contributed by atoms with E-state index in [-0.39, 0.29) is 193 Å². The fraction of sp³-hybridized carbons (Fsp3) is 0. The Kier molecular flexibility index (Phi) is 62.4. The summed E-state index contributed by atoms with van der Waals surface area (Å²) < 4.78 is 72.0. The second kappa shape index (κ2) is 24.9. The third-order valence-electron chi connectivity index (χ3n) is 0. The molecule has 0 heterocycles. The van der Waals surface area contributed by atoms with Crippen LogP contribution in [0.4, 0.5) is 0 Å². The Bertz CT molecular complexity index is 367. The molecule has 0 saturated heterocycles. The molecule has 12 nitrogen and oxygen atoms in total. The molecule has 20 heavy (non-hydrogen) atoms. The zero-order valence-electron chi connectivity index (χ0n) is 19.3. The second-order valence-corrected chi connectivity index (χ2v) is 4.23. The standard InChI is InChI=1S/4Ca.Na.H3O4P.2H2O4S.9H/c;;;;;3*1-5(2,3)4;;;;;;;;;/h;;;;;(H3,1,2,3,4);2*(H2,1,2,3,4);;;;;;;;;/q4*+2;+1;;;;9*-1. The molecule has 0 saturated carbocycles. The first-order chi connectivity index (χ1) is 6.00. The zero-order chi connectivity index (χ0) is 13.5. The Hall–Kier alpha value is 5.89. The maximum absolute atomic E-state index is 8.88. The van der Waals surface area contributed by atoms with E-state index in [1.807, 2.05) is 0 Å². The van der Waals surface area contributed by atoms with Crippen LogP contribution in [0.5, 0.6) is 0 Å². The summed E-state index contributed by atoms with van der Waals surface area (Å²) in [5.74, 6) is 0. The summed E-state index contributed by atoms with van der Waals surface area (Å²) in [7, 11) is -14.0. The van der Waals surface area contributed by atoms with Gasteiger partial charge in [0.2, 0.25) is 0 Å². The molecule has 0 aliphatic rings. The molecule has 0 aromatic rings. The largest absolute Gasteiger partial charge is 2.00 e. The Labute approximate surface area is 270 Å². The van der Waals surface area contributed by atoms with E-state index in [1.165, 1.54) is 0 Å². The molecule has 0 amide bonds. The minimum Gasteiger partial charge on any atom is -1.00 e. The molecule has 0 aliphatic heterocycles. The van der Waals surface area contributed by atoms with Gasteiger partial charge in [-0.15, -0.1) is 0 Å². The van der Waals surface area contributed by atoms with Gasteiger partial charge in [0.1, 0.15) is 0 Å². The van der Waals surface area contributed by atoms with E-state index in [9.17, 15) is 0 Å². The van der Waals surface area contributed by atoms with Crippen molar-refractivity contribution in [2.24, 2.45) is 0 Å². The van der Waals surface area contributed by atoms with Gasteiger partial charge in [0.15, 0.2) is 0 Å². The number of hydrogen-bond donors (Lipinski definition) is 7. The zero-order valence-corrected chi connectivity index (χ0v) is 23.6. The van der Waals surface area contributed by atoms with Crippen LogP contribution in [0.3, 0.4) is 0 Å². The second-order valence-electron chi connectivity index (χ2n) is 1.41. The third-order valence-corrected chi connectivity index (χ3v) is 0. The molecule has 7 N–H and O–H groups in total. The summed E-state index contributed by atoms with van der Waals surface area (Å²) in [5.41, 5.74) is 0. The molecule has 0 fully saturated rings. The average molecular weight is 487 g/mol. The maximum atomic E-state index is 8.88. The van der Waals surface area contributed by atoms with Crippen molar-refractivity contribution in [1.29, 1.82) is 0 Å². The van der Waals surface area contributed by atoms with Gasteiger partial charge < -0.3 is 27.5 Å². The summed E-state index contributed by atoms with van der Waals surface area (Å²) in [6, 6.07) is 0. The number of phosphoric acid groups is 1. The molecule has 0 bridgehead atoms. The van der Waals surface area contributed by atoms with Crippen molar-refractivity contribution in [3.8, 4) is 0 Å². The molecular weight excluding hydrogens is 470 g/mol. The average Bonchev–Trinajstić information content (AvgIpc) is 1.41. The van der Waals surface area contributed by atoms with E-state index in [1.54, 1.807) is 0 Å². The monoisotopic (exact) mass is 486 g/mol. The van der Waals surface area contributed by atoms with Crippen LogP contribution in [-0.4, -0.2) is 201 Å². The van der Waals surface area contributed by atoms with E-state index in [4.69, 9.17) is 54.3 Å². The SMILES string of the molecule is O=P(O)(O)O.O=S(=O)(O)O.O=S(=O)(O)O.[Ca+2].[Ca+2].[Ca+2].[Ca+2].[H-].[H-].[H-].[H-].[H-].[H-].[H-].[H-].[H-].[Na+]. The summed E-state index contributed by atoms with van der Waals surface area (Å²) in [6.07, 6.45) is 0. The molecule has 0 rings (SSSR count). The number of rotatable bonds is 0. The van der Waals surface area contributed by atoms with Gasteiger partial charge in [0.25, 0.3) is 0 Å². The van der Waals surface area contributed by atoms with Gasteiger partial charge in [0, 0.05) is 0 Å². The maximum Gasteiger partial charge on any atom is 2.00 e. The van der Waals surface area contributed by atoms with E-state index >= 15 is 0 Å². The van der Waals surface area contributed by atoms with Crippen molar-refractivity contribution in [1.82, 2.24) is 0 Å². The third kappa shape index (κ3) is 361. The van der Waals surface area contributed by atoms with Gasteiger partial charge >= 0.3 is 209 Å². The molecule has 0 aliphatic carbocycles. The van der Waals surface area contributed by atoms with Crippen LogP contribution in [0.2, 0.25) is 0 Å².